The van der Waals surface area contributed by atoms with Crippen molar-refractivity contribution in [2.24, 2.45) is 5.73 Å². The third kappa shape index (κ3) is 4.35. The summed E-state index contributed by atoms with van der Waals surface area (Å²) in [4.78, 5) is 51.3. The Bertz CT molecular complexity index is 895. The number of aromatic nitrogens is 2. The van der Waals surface area contributed by atoms with E-state index in [1.165, 1.54) is 14.0 Å². The van der Waals surface area contributed by atoms with Gasteiger partial charge in [0, 0.05) is 0 Å². The van der Waals surface area contributed by atoms with Gasteiger partial charge in [-0.05, 0) is 19.1 Å². The maximum absolute atomic E-state index is 12.7. The largest absolute Gasteiger partial charge is 0.468 e. The van der Waals surface area contributed by atoms with E-state index >= 15 is 0 Å². The molecule has 2 rings (SSSR count). The number of nitrogens with two attached hydrogens (primary N) is 1. The summed E-state index contributed by atoms with van der Waals surface area (Å²) in [5.41, 5.74) is 4.92. The normalized spacial score (nSPS) is 11.8. The highest BCUT2D eigenvalue weighted by Gasteiger charge is 2.21. The summed E-state index contributed by atoms with van der Waals surface area (Å²) in [5, 5.41) is 1.68. The first kappa shape index (κ1) is 18.5. The van der Waals surface area contributed by atoms with Crippen LogP contribution in [0.4, 0.5) is 4.79 Å². The number of ether oxygens (including phenoxy) is 1. The second-order valence-electron chi connectivity index (χ2n) is 4.99. The fourth-order valence-electron chi connectivity index (χ4n) is 2.01. The van der Waals surface area contributed by atoms with Gasteiger partial charge in [0.15, 0.2) is 5.16 Å². The average molecular weight is 364 g/mol. The van der Waals surface area contributed by atoms with E-state index in [0.717, 1.165) is 16.3 Å². The number of hydrogen-bond acceptors (Lipinski definition) is 7. The molecule has 3 N–H and O–H groups in total. The number of urea groups is 1. The molecule has 0 radical (unpaired) electrons. The lowest BCUT2D eigenvalue weighted by molar-refractivity contribution is -0.141. The lowest BCUT2D eigenvalue weighted by Crippen LogP contribution is -2.39. The molecule has 25 heavy (non-hydrogen) atoms. The molecule has 0 aliphatic carbocycles. The van der Waals surface area contributed by atoms with E-state index in [2.05, 4.69) is 9.72 Å². The number of primary amides is 1. The van der Waals surface area contributed by atoms with Gasteiger partial charge in [0.05, 0.1) is 23.3 Å². The number of methoxy groups -OCH3 is 1. The monoisotopic (exact) mass is 364 g/mol. The summed E-state index contributed by atoms with van der Waals surface area (Å²) in [7, 11) is 1.21. The minimum Gasteiger partial charge on any atom is -0.468 e. The van der Waals surface area contributed by atoms with Crippen LogP contribution in [-0.2, 0) is 20.9 Å². The second-order valence-corrected chi connectivity index (χ2v) is 6.30. The molecule has 132 valence electrons. The van der Waals surface area contributed by atoms with Crippen LogP contribution in [0.1, 0.15) is 6.92 Å². The van der Waals surface area contributed by atoms with Crippen molar-refractivity contribution in [3.63, 3.8) is 0 Å². The fraction of sp³-hybridized carbons (Fsp3) is 0.267. The molecular formula is C15H16N4O5S. The van der Waals surface area contributed by atoms with Crippen LogP contribution < -0.4 is 16.6 Å². The number of benzene rings is 1. The second kappa shape index (κ2) is 7.79. The molecular weight excluding hydrogens is 348 g/mol. The third-order valence-corrected chi connectivity index (χ3v) is 4.33. The molecule has 0 fully saturated rings. The first-order valence-electron chi connectivity index (χ1n) is 7.16. The number of nitrogens with zero attached hydrogens (tertiary/aromatic N) is 2. The SMILES string of the molecule is COC(=O)Cn1c(SC(C)C(=O)NC(N)=O)nc2ccccc2c1=O. The number of nitrogens with one attached hydrogen (secondary N) is 1. The molecule has 3 amide bonds. The van der Waals surface area contributed by atoms with E-state index in [1.807, 2.05) is 5.32 Å². The van der Waals surface area contributed by atoms with Crippen molar-refractivity contribution in [2.45, 2.75) is 23.9 Å². The molecule has 1 aromatic carbocycles. The Balaban J connectivity index is 2.47. The molecule has 1 heterocycles. The minimum absolute atomic E-state index is 0.154. The number of fused-ring (bicyclic) bond motifs is 1. The molecule has 1 atom stereocenters. The van der Waals surface area contributed by atoms with Crippen LogP contribution in [0.5, 0.6) is 0 Å². The van der Waals surface area contributed by atoms with Gasteiger partial charge >= 0.3 is 12.0 Å². The highest BCUT2D eigenvalue weighted by Crippen LogP contribution is 2.22. The molecule has 0 aliphatic heterocycles. The van der Waals surface area contributed by atoms with Crippen LogP contribution in [0.25, 0.3) is 10.9 Å². The van der Waals surface area contributed by atoms with Crippen molar-refractivity contribution in [1.82, 2.24) is 14.9 Å². The number of carbonyl (C=O) groups excluding carboxylic acids is 3. The smallest absolute Gasteiger partial charge is 0.325 e. The molecule has 10 heteroatoms. The zero-order valence-corrected chi connectivity index (χ0v) is 14.3. The van der Waals surface area contributed by atoms with E-state index in [9.17, 15) is 19.2 Å². The van der Waals surface area contributed by atoms with Crippen molar-refractivity contribution in [1.29, 1.82) is 0 Å². The van der Waals surface area contributed by atoms with Crippen LogP contribution in [0.2, 0.25) is 0 Å². The van der Waals surface area contributed by atoms with Gasteiger partial charge in [-0.3, -0.25) is 24.3 Å². The molecule has 0 saturated heterocycles. The lowest BCUT2D eigenvalue weighted by Gasteiger charge is -2.15. The first-order valence-corrected chi connectivity index (χ1v) is 8.04. The predicted molar refractivity (Wildman–Crippen MR) is 91.1 cm³/mol. The van der Waals surface area contributed by atoms with Crippen molar-refractivity contribution in [3.8, 4) is 0 Å². The predicted octanol–water partition coefficient (Wildman–Crippen LogP) is 0.245. The summed E-state index contributed by atoms with van der Waals surface area (Å²) >= 11 is 0.926. The molecule has 0 spiro atoms. The summed E-state index contributed by atoms with van der Waals surface area (Å²) in [6.45, 7) is 1.17. The lowest BCUT2D eigenvalue weighted by atomic mass is 10.2. The number of rotatable bonds is 5. The van der Waals surface area contributed by atoms with Gasteiger partial charge in [-0.25, -0.2) is 9.78 Å². The Morgan fingerprint density at radius 3 is 2.68 bits per heavy atom. The van der Waals surface area contributed by atoms with E-state index in [1.54, 1.807) is 24.3 Å². The Labute approximate surface area is 146 Å². The topological polar surface area (TPSA) is 133 Å². The van der Waals surface area contributed by atoms with E-state index in [0.29, 0.717) is 10.9 Å². The summed E-state index contributed by atoms with van der Waals surface area (Å²) in [6.07, 6.45) is 0. The first-order chi connectivity index (χ1) is 11.8. The highest BCUT2D eigenvalue weighted by molar-refractivity contribution is 8.00. The third-order valence-electron chi connectivity index (χ3n) is 3.24. The Morgan fingerprint density at radius 2 is 2.04 bits per heavy atom. The molecule has 2 aromatic rings. The number of imide groups is 1. The highest BCUT2D eigenvalue weighted by atomic mass is 32.2. The molecule has 9 nitrogen and oxygen atoms in total. The van der Waals surface area contributed by atoms with Crippen molar-refractivity contribution in [3.05, 3.63) is 34.6 Å². The Kier molecular flexibility index (Phi) is 5.75. The molecule has 0 aliphatic rings. The standard InChI is InChI=1S/C15H16N4O5S/c1-8(12(21)18-14(16)23)25-15-17-10-6-4-3-5-9(10)13(22)19(15)7-11(20)24-2/h3-6,8H,7H2,1-2H3,(H3,16,18,21,23). The van der Waals surface area contributed by atoms with Crippen molar-refractivity contribution in [2.75, 3.05) is 7.11 Å². The zero-order valence-electron chi connectivity index (χ0n) is 13.5. The maximum atomic E-state index is 12.7. The minimum atomic E-state index is -0.976. The molecule has 1 unspecified atom stereocenters. The van der Waals surface area contributed by atoms with Gasteiger partial charge in [-0.2, -0.15) is 0 Å². The van der Waals surface area contributed by atoms with Crippen LogP contribution >= 0.6 is 11.8 Å². The van der Waals surface area contributed by atoms with Crippen LogP contribution in [0.15, 0.2) is 34.2 Å². The van der Waals surface area contributed by atoms with Crippen molar-refractivity contribution < 1.29 is 19.1 Å². The number of carbonyl (C=O) groups is 3. The number of esters is 1. The van der Waals surface area contributed by atoms with Crippen LogP contribution in [-0.4, -0.2) is 39.8 Å². The summed E-state index contributed by atoms with van der Waals surface area (Å²) in [6, 6.07) is 5.67. The maximum Gasteiger partial charge on any atom is 0.325 e. The van der Waals surface area contributed by atoms with Gasteiger partial charge in [0.2, 0.25) is 5.91 Å². The Hall–Kier alpha value is -2.88. The zero-order chi connectivity index (χ0) is 18.6. The van der Waals surface area contributed by atoms with Gasteiger partial charge < -0.3 is 10.5 Å². The number of thioether (sulfide) groups is 1. The summed E-state index contributed by atoms with van der Waals surface area (Å²) in [5.74, 6) is -1.26. The van der Waals surface area contributed by atoms with E-state index in [4.69, 9.17) is 5.73 Å². The van der Waals surface area contributed by atoms with Gasteiger partial charge in [-0.1, -0.05) is 23.9 Å². The number of para-hydroxylation sites is 1. The number of hydrogen-bond donors (Lipinski definition) is 2. The van der Waals surface area contributed by atoms with Crippen molar-refractivity contribution >= 4 is 40.6 Å². The quantitative estimate of drug-likeness (QED) is 0.441. The van der Waals surface area contributed by atoms with E-state index < -0.39 is 28.7 Å². The molecule has 0 bridgehead atoms. The van der Waals surface area contributed by atoms with Gasteiger partial charge in [0.1, 0.15) is 6.54 Å². The average Bonchev–Trinajstić information content (AvgIpc) is 2.57. The number of amides is 3. The fourth-order valence-corrected chi connectivity index (χ4v) is 2.91. The van der Waals surface area contributed by atoms with Crippen LogP contribution in [0.3, 0.4) is 0 Å². The molecule has 1 aromatic heterocycles. The summed E-state index contributed by atoms with van der Waals surface area (Å²) < 4.78 is 5.74. The van der Waals surface area contributed by atoms with E-state index in [-0.39, 0.29) is 11.7 Å². The van der Waals surface area contributed by atoms with Gasteiger partial charge in [-0.15, -0.1) is 0 Å². The van der Waals surface area contributed by atoms with Crippen LogP contribution in [0, 0.1) is 0 Å². The Morgan fingerprint density at radius 1 is 1.36 bits per heavy atom. The molecule has 0 saturated carbocycles. The van der Waals surface area contributed by atoms with Gasteiger partial charge in [0.25, 0.3) is 5.56 Å².